The zero-order chi connectivity index (χ0) is 13.1. The zero-order valence-electron chi connectivity index (χ0n) is 10.8. The zero-order valence-corrected chi connectivity index (χ0v) is 10.8. The van der Waals surface area contributed by atoms with Crippen LogP contribution in [0, 0.1) is 11.8 Å². The van der Waals surface area contributed by atoms with Gasteiger partial charge in [-0.25, -0.2) is 4.79 Å². The maximum absolute atomic E-state index is 11.5. The maximum atomic E-state index is 11.5. The van der Waals surface area contributed by atoms with Crippen LogP contribution < -0.4 is 16.4 Å². The Morgan fingerprint density at radius 3 is 2.78 bits per heavy atom. The van der Waals surface area contributed by atoms with E-state index in [0.717, 1.165) is 19.5 Å². The minimum absolute atomic E-state index is 0.226. The molecule has 1 aliphatic carbocycles. The Labute approximate surface area is 107 Å². The predicted molar refractivity (Wildman–Crippen MR) is 67.8 cm³/mol. The molecule has 102 valence electrons. The van der Waals surface area contributed by atoms with E-state index < -0.39 is 6.03 Å². The molecular formula is C12H22N4O2. The average molecular weight is 254 g/mol. The molecule has 1 saturated heterocycles. The van der Waals surface area contributed by atoms with Gasteiger partial charge in [0.2, 0.25) is 5.91 Å². The number of likely N-dealkylation sites (tertiary alicyclic amines) is 1. The fourth-order valence-corrected chi connectivity index (χ4v) is 3.09. The van der Waals surface area contributed by atoms with Crippen LogP contribution in [0.25, 0.3) is 0 Å². The summed E-state index contributed by atoms with van der Waals surface area (Å²) in [6.45, 7) is 2.76. The first-order chi connectivity index (χ1) is 8.60. The van der Waals surface area contributed by atoms with Gasteiger partial charge in [0.15, 0.2) is 0 Å². The lowest BCUT2D eigenvalue weighted by Gasteiger charge is -2.17. The van der Waals surface area contributed by atoms with E-state index >= 15 is 0 Å². The number of urea groups is 1. The Kier molecular flexibility index (Phi) is 4.19. The highest BCUT2D eigenvalue weighted by atomic mass is 16.2. The molecule has 6 heteroatoms. The molecule has 0 aromatic heterocycles. The number of hydrogen-bond acceptors (Lipinski definition) is 4. The molecule has 0 radical (unpaired) electrons. The van der Waals surface area contributed by atoms with Crippen LogP contribution in [0.3, 0.4) is 0 Å². The highest BCUT2D eigenvalue weighted by Gasteiger charge is 2.40. The van der Waals surface area contributed by atoms with Gasteiger partial charge in [0, 0.05) is 39.1 Å². The molecule has 2 rings (SSSR count). The molecule has 0 aromatic rings. The Morgan fingerprint density at radius 1 is 1.33 bits per heavy atom. The van der Waals surface area contributed by atoms with Crippen LogP contribution in [0.1, 0.15) is 19.3 Å². The molecule has 3 amide bonds. The van der Waals surface area contributed by atoms with E-state index in [2.05, 4.69) is 15.5 Å². The Hall–Kier alpha value is -1.14. The van der Waals surface area contributed by atoms with Crippen LogP contribution in [0.15, 0.2) is 0 Å². The molecule has 2 fully saturated rings. The lowest BCUT2D eigenvalue weighted by molar-refractivity contribution is -0.120. The van der Waals surface area contributed by atoms with Crippen molar-refractivity contribution in [1.29, 1.82) is 0 Å². The van der Waals surface area contributed by atoms with Gasteiger partial charge in [-0.05, 0) is 24.7 Å². The van der Waals surface area contributed by atoms with Crippen molar-refractivity contribution < 1.29 is 9.59 Å². The fourth-order valence-electron chi connectivity index (χ4n) is 3.09. The van der Waals surface area contributed by atoms with E-state index in [4.69, 9.17) is 5.73 Å². The van der Waals surface area contributed by atoms with Gasteiger partial charge in [-0.2, -0.15) is 0 Å². The summed E-state index contributed by atoms with van der Waals surface area (Å²) < 4.78 is 0. The van der Waals surface area contributed by atoms with Gasteiger partial charge < -0.3 is 16.0 Å². The van der Waals surface area contributed by atoms with E-state index in [1.165, 1.54) is 13.5 Å². The van der Waals surface area contributed by atoms with Crippen LogP contribution in [0.4, 0.5) is 4.79 Å². The molecule has 0 aromatic carbocycles. The molecule has 6 nitrogen and oxygen atoms in total. The van der Waals surface area contributed by atoms with Gasteiger partial charge in [0.1, 0.15) is 0 Å². The third-order valence-corrected chi connectivity index (χ3v) is 4.12. The van der Waals surface area contributed by atoms with Crippen molar-refractivity contribution in [2.24, 2.45) is 17.6 Å². The van der Waals surface area contributed by atoms with Gasteiger partial charge >= 0.3 is 6.03 Å². The second-order valence-corrected chi connectivity index (χ2v) is 5.30. The predicted octanol–water partition coefficient (Wildman–Crippen LogP) is -0.499. The van der Waals surface area contributed by atoms with Crippen molar-refractivity contribution in [3.05, 3.63) is 0 Å². The molecule has 4 N–H and O–H groups in total. The summed E-state index contributed by atoms with van der Waals surface area (Å²) in [5, 5.41) is 4.63. The number of rotatable bonds is 3. The second kappa shape index (κ2) is 5.67. The molecule has 3 unspecified atom stereocenters. The topological polar surface area (TPSA) is 87.5 Å². The maximum Gasteiger partial charge on any atom is 0.321 e. The average Bonchev–Trinajstić information content (AvgIpc) is 2.89. The lowest BCUT2D eigenvalue weighted by Crippen LogP contribution is -2.39. The molecule has 1 saturated carbocycles. The van der Waals surface area contributed by atoms with Gasteiger partial charge in [-0.15, -0.1) is 0 Å². The smallest absolute Gasteiger partial charge is 0.321 e. The molecule has 0 spiro atoms. The number of carbonyl (C=O) groups is 2. The largest absolute Gasteiger partial charge is 0.341 e. The third-order valence-electron chi connectivity index (χ3n) is 4.12. The van der Waals surface area contributed by atoms with E-state index in [9.17, 15) is 9.59 Å². The highest BCUT2D eigenvalue weighted by molar-refractivity contribution is 5.94. The summed E-state index contributed by atoms with van der Waals surface area (Å²) in [6.07, 6.45) is 2.72. The van der Waals surface area contributed by atoms with Crippen molar-refractivity contribution in [1.82, 2.24) is 15.5 Å². The number of nitrogens with zero attached hydrogens (tertiary/aromatic N) is 1. The summed E-state index contributed by atoms with van der Waals surface area (Å²) in [7, 11) is 1.49. The van der Waals surface area contributed by atoms with Gasteiger partial charge in [-0.1, -0.05) is 0 Å². The standard InChI is InChI=1S/C12H22N4O2/c1-14-12(18)15-11(17)4-5-16-6-8-2-3-10(13)9(8)7-16/h8-10H,2-7,13H2,1H3,(H2,14,15,17,18). The molecule has 2 aliphatic rings. The first-order valence-corrected chi connectivity index (χ1v) is 6.59. The first kappa shape index (κ1) is 13.3. The van der Waals surface area contributed by atoms with E-state index in [-0.39, 0.29) is 5.91 Å². The van der Waals surface area contributed by atoms with Crippen molar-refractivity contribution in [3.63, 3.8) is 0 Å². The number of imide groups is 1. The number of hydrogen-bond donors (Lipinski definition) is 3. The minimum Gasteiger partial charge on any atom is -0.341 e. The van der Waals surface area contributed by atoms with Crippen molar-refractivity contribution in [2.45, 2.75) is 25.3 Å². The molecule has 18 heavy (non-hydrogen) atoms. The van der Waals surface area contributed by atoms with Gasteiger partial charge in [-0.3, -0.25) is 10.1 Å². The molecule has 3 atom stereocenters. The van der Waals surface area contributed by atoms with Crippen LogP contribution in [0.5, 0.6) is 0 Å². The third kappa shape index (κ3) is 3.00. The van der Waals surface area contributed by atoms with Crippen LogP contribution in [-0.2, 0) is 4.79 Å². The molecule has 1 aliphatic heterocycles. The SMILES string of the molecule is CNC(=O)NC(=O)CCN1CC2CCC(N)C2C1. The van der Waals surface area contributed by atoms with Gasteiger partial charge in [0.05, 0.1) is 0 Å². The van der Waals surface area contributed by atoms with Gasteiger partial charge in [0.25, 0.3) is 0 Å². The van der Waals surface area contributed by atoms with Crippen molar-refractivity contribution in [2.75, 3.05) is 26.7 Å². The highest BCUT2D eigenvalue weighted by Crippen LogP contribution is 2.36. The van der Waals surface area contributed by atoms with E-state index in [0.29, 0.717) is 30.8 Å². The Balaban J connectivity index is 1.69. The number of nitrogens with one attached hydrogen (secondary N) is 2. The number of amides is 3. The number of carbonyl (C=O) groups excluding carboxylic acids is 2. The summed E-state index contributed by atoms with van der Waals surface area (Å²) in [6, 6.07) is -0.111. The second-order valence-electron chi connectivity index (χ2n) is 5.30. The van der Waals surface area contributed by atoms with Crippen LogP contribution >= 0.6 is 0 Å². The normalized spacial score (nSPS) is 31.1. The van der Waals surface area contributed by atoms with Crippen molar-refractivity contribution >= 4 is 11.9 Å². The molecule has 1 heterocycles. The monoisotopic (exact) mass is 254 g/mol. The van der Waals surface area contributed by atoms with Crippen molar-refractivity contribution in [3.8, 4) is 0 Å². The minimum atomic E-state index is -0.444. The van der Waals surface area contributed by atoms with Crippen LogP contribution in [-0.4, -0.2) is 49.6 Å². The Morgan fingerprint density at radius 2 is 2.11 bits per heavy atom. The summed E-state index contributed by atoms with van der Waals surface area (Å²) in [4.78, 5) is 24.7. The fraction of sp³-hybridized carbons (Fsp3) is 0.833. The summed E-state index contributed by atoms with van der Waals surface area (Å²) >= 11 is 0. The van der Waals surface area contributed by atoms with E-state index in [1.807, 2.05) is 0 Å². The van der Waals surface area contributed by atoms with E-state index in [1.54, 1.807) is 0 Å². The Bertz CT molecular complexity index is 334. The van der Waals surface area contributed by atoms with Crippen LogP contribution in [0.2, 0.25) is 0 Å². The molecular weight excluding hydrogens is 232 g/mol. The molecule has 0 bridgehead atoms. The number of fused-ring (bicyclic) bond motifs is 1. The number of nitrogens with two attached hydrogens (primary N) is 1. The lowest BCUT2D eigenvalue weighted by atomic mass is 9.98. The quantitative estimate of drug-likeness (QED) is 0.633. The first-order valence-electron chi connectivity index (χ1n) is 6.59. The summed E-state index contributed by atoms with van der Waals surface area (Å²) in [5.41, 5.74) is 6.06. The summed E-state index contributed by atoms with van der Waals surface area (Å²) in [5.74, 6) is 1.09.